The van der Waals surface area contributed by atoms with Crippen molar-refractivity contribution in [1.82, 2.24) is 10.9 Å². The maximum atomic E-state index is 13.4. The van der Waals surface area contributed by atoms with E-state index in [0.717, 1.165) is 5.56 Å². The molecule has 2 rings (SSSR count). The summed E-state index contributed by atoms with van der Waals surface area (Å²) in [4.78, 5) is 23.8. The largest absolute Gasteiger partial charge is 0.481 e. The molecule has 0 aromatic heterocycles. The summed E-state index contributed by atoms with van der Waals surface area (Å²) in [5.41, 5.74) is 5.63. The lowest BCUT2D eigenvalue weighted by Crippen LogP contribution is -2.48. The van der Waals surface area contributed by atoms with Gasteiger partial charge in [0.1, 0.15) is 5.75 Å². The first-order chi connectivity index (χ1) is 13.2. The summed E-state index contributed by atoms with van der Waals surface area (Å²) < 4.78 is 24.0. The Kier molecular flexibility index (Phi) is 6.98. The number of carbonyl (C=O) groups is 2. The van der Waals surface area contributed by atoms with Gasteiger partial charge in [-0.15, -0.1) is 0 Å². The lowest BCUT2D eigenvalue weighted by molar-refractivity contribution is -0.133. The second-order valence-electron chi connectivity index (χ2n) is 7.29. The van der Waals surface area contributed by atoms with Crippen molar-refractivity contribution in [3.05, 3.63) is 59.9 Å². The van der Waals surface area contributed by atoms with Crippen molar-refractivity contribution in [1.29, 1.82) is 0 Å². The summed E-state index contributed by atoms with van der Waals surface area (Å²) in [6.07, 6.45) is -0.826. The van der Waals surface area contributed by atoms with Crippen LogP contribution in [0.25, 0.3) is 0 Å². The smallest absolute Gasteiger partial charge is 0.279 e. The van der Waals surface area contributed by atoms with E-state index in [1.165, 1.54) is 18.2 Å². The highest BCUT2D eigenvalue weighted by Gasteiger charge is 2.17. The third kappa shape index (κ3) is 6.26. The number of benzene rings is 2. The Balaban J connectivity index is 1.77. The third-order valence-electron chi connectivity index (χ3n) is 3.92. The van der Waals surface area contributed by atoms with E-state index in [4.69, 9.17) is 9.47 Å². The molecule has 0 unspecified atom stereocenters. The van der Waals surface area contributed by atoms with Crippen molar-refractivity contribution < 1.29 is 23.5 Å². The molecule has 150 valence electrons. The van der Waals surface area contributed by atoms with Crippen LogP contribution >= 0.6 is 0 Å². The van der Waals surface area contributed by atoms with E-state index in [-0.39, 0.29) is 11.2 Å². The molecule has 0 radical (unpaired) electrons. The molecular formula is C21H25FN2O4. The number of carbonyl (C=O) groups excluding carboxylic acids is 2. The molecule has 0 bridgehead atoms. The second-order valence-corrected chi connectivity index (χ2v) is 7.29. The van der Waals surface area contributed by atoms with Crippen LogP contribution in [0, 0.1) is 5.82 Å². The first-order valence-electron chi connectivity index (χ1n) is 8.90. The highest BCUT2D eigenvalue weighted by atomic mass is 19.1. The molecule has 2 aromatic rings. The van der Waals surface area contributed by atoms with Gasteiger partial charge in [-0.3, -0.25) is 20.4 Å². The van der Waals surface area contributed by atoms with Gasteiger partial charge in [0.25, 0.3) is 11.8 Å². The van der Waals surface area contributed by atoms with Crippen molar-refractivity contribution in [3.8, 4) is 11.5 Å². The van der Waals surface area contributed by atoms with Crippen LogP contribution in [0.2, 0.25) is 0 Å². The first kappa shape index (κ1) is 21.2. The molecule has 0 saturated heterocycles. The minimum atomic E-state index is -0.826. The normalized spacial score (nSPS) is 12.0. The van der Waals surface area contributed by atoms with E-state index in [1.54, 1.807) is 25.1 Å². The number of rotatable bonds is 6. The molecule has 0 aliphatic heterocycles. The standard InChI is InChI=1S/C21H25FN2O4/c1-14(28-16-11-9-15(10-12-16)21(2,3)4)20(26)24-23-19(25)13-27-18-8-6-5-7-17(18)22/h5-12,14H,13H2,1-4H3,(H,23,25)(H,24,26)/t14-/m1/s1. The number of halogens is 1. The Morgan fingerprint density at radius 3 is 2.29 bits per heavy atom. The molecule has 2 aromatic carbocycles. The Morgan fingerprint density at radius 2 is 1.68 bits per heavy atom. The van der Waals surface area contributed by atoms with Crippen molar-refractivity contribution in [2.75, 3.05) is 6.61 Å². The van der Waals surface area contributed by atoms with Crippen LogP contribution in [0.1, 0.15) is 33.3 Å². The summed E-state index contributed by atoms with van der Waals surface area (Å²) >= 11 is 0. The first-order valence-corrected chi connectivity index (χ1v) is 8.90. The van der Waals surface area contributed by atoms with E-state index in [2.05, 4.69) is 31.6 Å². The maximum absolute atomic E-state index is 13.4. The van der Waals surface area contributed by atoms with Gasteiger partial charge >= 0.3 is 0 Å². The summed E-state index contributed by atoms with van der Waals surface area (Å²) in [5.74, 6) is -1.22. The molecule has 1 atom stereocenters. The Bertz CT molecular complexity index is 816. The van der Waals surface area contributed by atoms with Crippen molar-refractivity contribution in [2.24, 2.45) is 0 Å². The van der Waals surface area contributed by atoms with Crippen LogP contribution in [-0.4, -0.2) is 24.5 Å². The predicted octanol–water partition coefficient (Wildman–Crippen LogP) is 3.12. The molecule has 0 heterocycles. The third-order valence-corrected chi connectivity index (χ3v) is 3.92. The van der Waals surface area contributed by atoms with E-state index in [9.17, 15) is 14.0 Å². The average Bonchev–Trinajstić information content (AvgIpc) is 2.65. The molecule has 0 spiro atoms. The molecule has 0 fully saturated rings. The van der Waals surface area contributed by atoms with Gasteiger partial charge in [-0.05, 0) is 42.2 Å². The predicted molar refractivity (Wildman–Crippen MR) is 103 cm³/mol. The van der Waals surface area contributed by atoms with Crippen molar-refractivity contribution in [2.45, 2.75) is 39.2 Å². The molecule has 0 aliphatic rings. The molecule has 2 N–H and O–H groups in total. The minimum Gasteiger partial charge on any atom is -0.481 e. The topological polar surface area (TPSA) is 76.7 Å². The van der Waals surface area contributed by atoms with Gasteiger partial charge in [-0.2, -0.15) is 0 Å². The zero-order chi connectivity index (χ0) is 20.7. The summed E-state index contributed by atoms with van der Waals surface area (Å²) in [5, 5.41) is 0. The summed E-state index contributed by atoms with van der Waals surface area (Å²) in [6, 6.07) is 13.2. The Labute approximate surface area is 164 Å². The molecule has 7 heteroatoms. The van der Waals surface area contributed by atoms with Crippen LogP contribution in [0.4, 0.5) is 4.39 Å². The van der Waals surface area contributed by atoms with Crippen LogP contribution in [0.3, 0.4) is 0 Å². The van der Waals surface area contributed by atoms with Gasteiger partial charge in [-0.25, -0.2) is 4.39 Å². The summed E-state index contributed by atoms with van der Waals surface area (Å²) in [7, 11) is 0. The Morgan fingerprint density at radius 1 is 1.04 bits per heavy atom. The highest BCUT2D eigenvalue weighted by Crippen LogP contribution is 2.24. The second kappa shape index (κ2) is 9.21. The zero-order valence-electron chi connectivity index (χ0n) is 16.4. The van der Waals surface area contributed by atoms with Gasteiger partial charge in [0.2, 0.25) is 0 Å². The number of hydrogen-bond acceptors (Lipinski definition) is 4. The zero-order valence-corrected chi connectivity index (χ0v) is 16.4. The lowest BCUT2D eigenvalue weighted by atomic mass is 9.87. The number of amides is 2. The molecule has 2 amide bonds. The van der Waals surface area contributed by atoms with Crippen LogP contribution in [-0.2, 0) is 15.0 Å². The number of ether oxygens (including phenoxy) is 2. The van der Waals surface area contributed by atoms with Gasteiger partial charge in [0, 0.05) is 0 Å². The fourth-order valence-corrected chi connectivity index (χ4v) is 2.27. The van der Waals surface area contributed by atoms with Crippen molar-refractivity contribution in [3.63, 3.8) is 0 Å². The average molecular weight is 388 g/mol. The molecular weight excluding hydrogens is 363 g/mol. The molecule has 6 nitrogen and oxygen atoms in total. The monoisotopic (exact) mass is 388 g/mol. The summed E-state index contributed by atoms with van der Waals surface area (Å²) in [6.45, 7) is 7.45. The van der Waals surface area contributed by atoms with Crippen LogP contribution in [0.5, 0.6) is 11.5 Å². The number of para-hydroxylation sites is 1. The van der Waals surface area contributed by atoms with E-state index in [0.29, 0.717) is 5.75 Å². The molecule has 0 aliphatic carbocycles. The van der Waals surface area contributed by atoms with Gasteiger partial charge in [0.05, 0.1) is 0 Å². The van der Waals surface area contributed by atoms with Crippen LogP contribution in [0.15, 0.2) is 48.5 Å². The van der Waals surface area contributed by atoms with E-state index >= 15 is 0 Å². The SMILES string of the molecule is C[C@@H](Oc1ccc(C(C)(C)C)cc1)C(=O)NNC(=O)COc1ccccc1F. The number of hydrogen-bond donors (Lipinski definition) is 2. The lowest BCUT2D eigenvalue weighted by Gasteiger charge is -2.20. The quantitative estimate of drug-likeness (QED) is 0.746. The van der Waals surface area contributed by atoms with Crippen LogP contribution < -0.4 is 20.3 Å². The fraction of sp³-hybridized carbons (Fsp3) is 0.333. The van der Waals surface area contributed by atoms with E-state index < -0.39 is 30.3 Å². The van der Waals surface area contributed by atoms with E-state index in [1.807, 2.05) is 12.1 Å². The highest BCUT2D eigenvalue weighted by molar-refractivity contribution is 5.85. The van der Waals surface area contributed by atoms with Gasteiger partial charge in [0.15, 0.2) is 24.3 Å². The maximum Gasteiger partial charge on any atom is 0.279 e. The minimum absolute atomic E-state index is 0.0243. The number of hydrazine groups is 1. The Hall–Kier alpha value is -3.09. The van der Waals surface area contributed by atoms with Gasteiger partial charge < -0.3 is 9.47 Å². The molecule has 28 heavy (non-hydrogen) atoms. The number of nitrogens with one attached hydrogen (secondary N) is 2. The van der Waals surface area contributed by atoms with Crippen molar-refractivity contribution >= 4 is 11.8 Å². The fourth-order valence-electron chi connectivity index (χ4n) is 2.27. The molecule has 0 saturated carbocycles. The van der Waals surface area contributed by atoms with Gasteiger partial charge in [-0.1, -0.05) is 45.0 Å².